The molecular formula is C12H11F3O2. The van der Waals surface area contributed by atoms with E-state index in [0.717, 1.165) is 0 Å². The van der Waals surface area contributed by atoms with Crippen LogP contribution in [0.25, 0.3) is 0 Å². The van der Waals surface area contributed by atoms with E-state index in [2.05, 4.69) is 6.58 Å². The standard InChI is InChI=1S/C12H11F3O2/c1-8(7-10(16)12(13,14)15)11(17)9-5-3-2-4-6-9/h2-6,10,16H,1,7H2. The first-order valence-electron chi connectivity index (χ1n) is 4.84. The minimum Gasteiger partial charge on any atom is -0.383 e. The number of benzene rings is 1. The van der Waals surface area contributed by atoms with Gasteiger partial charge in [-0.15, -0.1) is 0 Å². The third kappa shape index (κ3) is 3.71. The molecule has 0 aliphatic carbocycles. The van der Waals surface area contributed by atoms with Gasteiger partial charge in [-0.05, 0) is 5.57 Å². The van der Waals surface area contributed by atoms with E-state index >= 15 is 0 Å². The predicted molar refractivity (Wildman–Crippen MR) is 56.6 cm³/mol. The maximum atomic E-state index is 12.1. The quantitative estimate of drug-likeness (QED) is 0.653. The second-order valence-corrected chi connectivity index (χ2v) is 3.56. The van der Waals surface area contributed by atoms with Crippen LogP contribution in [0.3, 0.4) is 0 Å². The first-order chi connectivity index (χ1) is 7.82. The SMILES string of the molecule is C=C(CC(O)C(F)(F)F)C(=O)c1ccccc1. The van der Waals surface area contributed by atoms with Crippen LogP contribution >= 0.6 is 0 Å². The van der Waals surface area contributed by atoms with Gasteiger partial charge in [0, 0.05) is 12.0 Å². The van der Waals surface area contributed by atoms with Gasteiger partial charge < -0.3 is 5.11 Å². The molecular weight excluding hydrogens is 233 g/mol. The summed E-state index contributed by atoms with van der Waals surface area (Å²) in [5, 5.41) is 8.81. The summed E-state index contributed by atoms with van der Waals surface area (Å²) in [6.45, 7) is 3.27. The molecule has 92 valence electrons. The van der Waals surface area contributed by atoms with Crippen LogP contribution in [0.15, 0.2) is 42.5 Å². The average Bonchev–Trinajstić information content (AvgIpc) is 2.27. The van der Waals surface area contributed by atoms with Crippen LogP contribution in [0.2, 0.25) is 0 Å². The molecule has 0 bridgehead atoms. The molecule has 0 heterocycles. The highest BCUT2D eigenvalue weighted by molar-refractivity contribution is 6.08. The number of carbonyl (C=O) groups excluding carboxylic acids is 1. The Morgan fingerprint density at radius 3 is 2.29 bits per heavy atom. The molecule has 1 aromatic carbocycles. The Hall–Kier alpha value is -1.62. The molecule has 0 spiro atoms. The Morgan fingerprint density at radius 1 is 1.29 bits per heavy atom. The van der Waals surface area contributed by atoms with Crippen molar-refractivity contribution in [1.82, 2.24) is 0 Å². The summed E-state index contributed by atoms with van der Waals surface area (Å²) in [6.07, 6.45) is -8.10. The summed E-state index contributed by atoms with van der Waals surface area (Å²) < 4.78 is 36.2. The Bertz CT molecular complexity index is 410. The second-order valence-electron chi connectivity index (χ2n) is 3.56. The summed E-state index contributed by atoms with van der Waals surface area (Å²) in [4.78, 5) is 11.6. The molecule has 0 fully saturated rings. The van der Waals surface area contributed by atoms with Crippen molar-refractivity contribution < 1.29 is 23.1 Å². The maximum Gasteiger partial charge on any atom is 0.414 e. The van der Waals surface area contributed by atoms with Crippen molar-refractivity contribution in [2.75, 3.05) is 0 Å². The van der Waals surface area contributed by atoms with E-state index in [4.69, 9.17) is 5.11 Å². The Morgan fingerprint density at radius 2 is 1.82 bits per heavy atom. The number of rotatable bonds is 4. The highest BCUT2D eigenvalue weighted by Gasteiger charge is 2.38. The molecule has 0 saturated carbocycles. The molecule has 0 saturated heterocycles. The lowest BCUT2D eigenvalue weighted by Gasteiger charge is -2.15. The fourth-order valence-electron chi connectivity index (χ4n) is 1.24. The molecule has 1 unspecified atom stereocenters. The van der Waals surface area contributed by atoms with E-state index < -0.39 is 24.5 Å². The minimum absolute atomic E-state index is 0.256. The molecule has 1 atom stereocenters. The number of aliphatic hydroxyl groups is 1. The van der Waals surface area contributed by atoms with Crippen LogP contribution in [0, 0.1) is 0 Å². The van der Waals surface area contributed by atoms with Crippen LogP contribution in [-0.2, 0) is 0 Å². The van der Waals surface area contributed by atoms with E-state index in [1.54, 1.807) is 18.2 Å². The summed E-state index contributed by atoms with van der Waals surface area (Å²) in [5.41, 5.74) is -0.00657. The van der Waals surface area contributed by atoms with Gasteiger partial charge in [-0.2, -0.15) is 13.2 Å². The molecule has 0 amide bonds. The number of ketones is 1. The molecule has 1 aromatic rings. The highest BCUT2D eigenvalue weighted by Crippen LogP contribution is 2.25. The number of aliphatic hydroxyl groups excluding tert-OH is 1. The Balaban J connectivity index is 2.70. The van der Waals surface area contributed by atoms with Crippen molar-refractivity contribution >= 4 is 5.78 Å². The van der Waals surface area contributed by atoms with Crippen molar-refractivity contribution in [3.05, 3.63) is 48.0 Å². The van der Waals surface area contributed by atoms with Crippen molar-refractivity contribution in [1.29, 1.82) is 0 Å². The number of hydrogen-bond donors (Lipinski definition) is 1. The number of carbonyl (C=O) groups is 1. The van der Waals surface area contributed by atoms with Crippen molar-refractivity contribution in [2.24, 2.45) is 0 Å². The van der Waals surface area contributed by atoms with E-state index in [1.807, 2.05) is 0 Å². The first-order valence-corrected chi connectivity index (χ1v) is 4.84. The molecule has 0 aromatic heterocycles. The zero-order valence-corrected chi connectivity index (χ0v) is 8.87. The van der Waals surface area contributed by atoms with Gasteiger partial charge in [0.05, 0.1) is 0 Å². The summed E-state index contributed by atoms with van der Waals surface area (Å²) in [5.74, 6) is -0.589. The third-order valence-corrected chi connectivity index (χ3v) is 2.17. The van der Waals surface area contributed by atoms with E-state index in [9.17, 15) is 18.0 Å². The summed E-state index contributed by atoms with van der Waals surface area (Å²) >= 11 is 0. The van der Waals surface area contributed by atoms with Crippen molar-refractivity contribution in [3.8, 4) is 0 Å². The third-order valence-electron chi connectivity index (χ3n) is 2.17. The molecule has 5 heteroatoms. The number of alkyl halides is 3. The van der Waals surface area contributed by atoms with E-state index in [1.165, 1.54) is 12.1 Å². The van der Waals surface area contributed by atoms with Crippen LogP contribution in [-0.4, -0.2) is 23.2 Å². The van der Waals surface area contributed by atoms with Crippen LogP contribution in [0.1, 0.15) is 16.8 Å². The molecule has 1 rings (SSSR count). The lowest BCUT2D eigenvalue weighted by molar-refractivity contribution is -0.202. The molecule has 0 radical (unpaired) electrons. The predicted octanol–water partition coefficient (Wildman–Crippen LogP) is 2.74. The monoisotopic (exact) mass is 244 g/mol. The van der Waals surface area contributed by atoms with Crippen LogP contribution < -0.4 is 0 Å². The lowest BCUT2D eigenvalue weighted by atomic mass is 10.00. The van der Waals surface area contributed by atoms with Gasteiger partial charge >= 0.3 is 6.18 Å². The lowest BCUT2D eigenvalue weighted by Crippen LogP contribution is -2.29. The largest absolute Gasteiger partial charge is 0.414 e. The highest BCUT2D eigenvalue weighted by atomic mass is 19.4. The molecule has 0 aliphatic rings. The van der Waals surface area contributed by atoms with E-state index in [-0.39, 0.29) is 11.1 Å². The van der Waals surface area contributed by atoms with Crippen LogP contribution in [0.4, 0.5) is 13.2 Å². The topological polar surface area (TPSA) is 37.3 Å². The first kappa shape index (κ1) is 13.4. The van der Waals surface area contributed by atoms with Crippen LogP contribution in [0.5, 0.6) is 0 Å². The second kappa shape index (κ2) is 5.14. The zero-order chi connectivity index (χ0) is 13.1. The zero-order valence-electron chi connectivity index (χ0n) is 8.87. The van der Waals surface area contributed by atoms with Gasteiger partial charge in [-0.1, -0.05) is 36.9 Å². The summed E-state index contributed by atoms with van der Waals surface area (Å²) in [7, 11) is 0. The van der Waals surface area contributed by atoms with E-state index in [0.29, 0.717) is 0 Å². The van der Waals surface area contributed by atoms with Gasteiger partial charge in [-0.3, -0.25) is 4.79 Å². The van der Waals surface area contributed by atoms with Gasteiger partial charge in [0.15, 0.2) is 11.9 Å². The average molecular weight is 244 g/mol. The molecule has 17 heavy (non-hydrogen) atoms. The fourth-order valence-corrected chi connectivity index (χ4v) is 1.24. The number of halogens is 3. The van der Waals surface area contributed by atoms with Crippen molar-refractivity contribution in [3.63, 3.8) is 0 Å². The Labute approximate surface area is 96.4 Å². The van der Waals surface area contributed by atoms with Gasteiger partial charge in [0.2, 0.25) is 0 Å². The molecule has 0 aliphatic heterocycles. The van der Waals surface area contributed by atoms with Gasteiger partial charge in [0.25, 0.3) is 0 Å². The van der Waals surface area contributed by atoms with Gasteiger partial charge in [-0.25, -0.2) is 0 Å². The number of Topliss-reactive ketones (excluding diaryl/α,β-unsaturated/α-hetero) is 1. The maximum absolute atomic E-state index is 12.1. The minimum atomic E-state index is -4.74. The molecule has 2 nitrogen and oxygen atoms in total. The normalized spacial score (nSPS) is 13.2. The number of hydrogen-bond acceptors (Lipinski definition) is 2. The molecule has 1 N–H and O–H groups in total. The van der Waals surface area contributed by atoms with Gasteiger partial charge in [0.1, 0.15) is 0 Å². The smallest absolute Gasteiger partial charge is 0.383 e. The fraction of sp³-hybridized carbons (Fsp3) is 0.250. The summed E-state index contributed by atoms with van der Waals surface area (Å²) in [6, 6.07) is 7.84. The Kier molecular flexibility index (Phi) is 4.07. The van der Waals surface area contributed by atoms with Crippen molar-refractivity contribution in [2.45, 2.75) is 18.7 Å².